The van der Waals surface area contributed by atoms with Crippen LogP contribution in [0.15, 0.2) is 4.99 Å². The van der Waals surface area contributed by atoms with Crippen molar-refractivity contribution in [2.45, 2.75) is 57.6 Å². The number of hydrogen-bond acceptors (Lipinski definition) is 3. The molecule has 1 unspecified atom stereocenters. The topological polar surface area (TPSA) is 36.9 Å². The number of hydrogen-bond donors (Lipinski definition) is 1. The largest absolute Gasteiger partial charge is 0.385 e. The number of thioether (sulfide) groups is 1. The maximum atomic E-state index is 5.35. The van der Waals surface area contributed by atoms with Crippen LogP contribution in [0.4, 0.5) is 0 Å². The van der Waals surface area contributed by atoms with Crippen molar-refractivity contribution in [1.29, 1.82) is 0 Å². The monoisotopic (exact) mass is 341 g/mol. The number of rotatable bonds is 7. The molecule has 0 aromatic heterocycles. The van der Waals surface area contributed by atoms with E-state index in [2.05, 4.69) is 35.8 Å². The average Bonchev–Trinajstić information content (AvgIpc) is 3.06. The van der Waals surface area contributed by atoms with Crippen molar-refractivity contribution in [3.05, 3.63) is 0 Å². The van der Waals surface area contributed by atoms with Crippen LogP contribution in [0.5, 0.6) is 0 Å². The standard InChI is InChI=1S/C18H35N3OS/c1-4-16-14-21(11-13-23-16)17(19-5-2)20-15-18(10-12-22-3)8-6-7-9-18/h16H,4-15H2,1-3H3,(H,19,20). The van der Waals surface area contributed by atoms with Crippen LogP contribution < -0.4 is 5.32 Å². The molecule has 1 N–H and O–H groups in total. The molecule has 0 spiro atoms. The van der Waals surface area contributed by atoms with Crippen molar-refractivity contribution >= 4 is 17.7 Å². The van der Waals surface area contributed by atoms with E-state index in [0.717, 1.165) is 50.4 Å². The third-order valence-electron chi connectivity index (χ3n) is 5.29. The summed E-state index contributed by atoms with van der Waals surface area (Å²) >= 11 is 2.12. The number of aliphatic imine (C=N–C) groups is 1. The highest BCUT2D eigenvalue weighted by Gasteiger charge is 2.33. The second-order valence-corrected chi connectivity index (χ2v) is 8.38. The van der Waals surface area contributed by atoms with Gasteiger partial charge in [-0.15, -0.1) is 0 Å². The Morgan fingerprint density at radius 3 is 2.78 bits per heavy atom. The third kappa shape index (κ3) is 5.56. The summed E-state index contributed by atoms with van der Waals surface area (Å²) in [6.07, 6.45) is 7.74. The molecule has 1 saturated heterocycles. The molecule has 4 nitrogen and oxygen atoms in total. The summed E-state index contributed by atoms with van der Waals surface area (Å²) in [4.78, 5) is 7.56. The Morgan fingerprint density at radius 2 is 2.13 bits per heavy atom. The molecule has 134 valence electrons. The highest BCUT2D eigenvalue weighted by molar-refractivity contribution is 8.00. The van der Waals surface area contributed by atoms with Gasteiger partial charge in [0, 0.05) is 50.9 Å². The Balaban J connectivity index is 2.01. The maximum Gasteiger partial charge on any atom is 0.193 e. The molecule has 1 heterocycles. The van der Waals surface area contributed by atoms with Gasteiger partial charge in [0.05, 0.1) is 0 Å². The molecule has 1 aliphatic carbocycles. The maximum absolute atomic E-state index is 5.35. The van der Waals surface area contributed by atoms with E-state index in [9.17, 15) is 0 Å². The predicted molar refractivity (Wildman–Crippen MR) is 101 cm³/mol. The van der Waals surface area contributed by atoms with Gasteiger partial charge >= 0.3 is 0 Å². The van der Waals surface area contributed by atoms with Crippen LogP contribution in [0, 0.1) is 5.41 Å². The summed E-state index contributed by atoms with van der Waals surface area (Å²) < 4.78 is 5.35. The first-order chi connectivity index (χ1) is 11.2. The fraction of sp³-hybridized carbons (Fsp3) is 0.944. The minimum absolute atomic E-state index is 0.380. The first kappa shape index (κ1) is 18.9. The van der Waals surface area contributed by atoms with E-state index in [1.165, 1.54) is 37.9 Å². The lowest BCUT2D eigenvalue weighted by Gasteiger charge is -2.35. The highest BCUT2D eigenvalue weighted by atomic mass is 32.2. The molecular weight excluding hydrogens is 306 g/mol. The van der Waals surface area contributed by atoms with Gasteiger partial charge in [0.2, 0.25) is 0 Å². The van der Waals surface area contributed by atoms with Crippen molar-refractivity contribution in [1.82, 2.24) is 10.2 Å². The van der Waals surface area contributed by atoms with E-state index in [-0.39, 0.29) is 0 Å². The zero-order chi connectivity index (χ0) is 16.5. The van der Waals surface area contributed by atoms with Gasteiger partial charge in [-0.25, -0.2) is 0 Å². The van der Waals surface area contributed by atoms with E-state index >= 15 is 0 Å². The average molecular weight is 342 g/mol. The molecule has 0 aromatic rings. The van der Waals surface area contributed by atoms with Gasteiger partial charge in [0.15, 0.2) is 5.96 Å². The van der Waals surface area contributed by atoms with Gasteiger partial charge < -0.3 is 15.0 Å². The number of nitrogens with zero attached hydrogens (tertiary/aromatic N) is 2. The van der Waals surface area contributed by atoms with Crippen LogP contribution in [0.2, 0.25) is 0 Å². The van der Waals surface area contributed by atoms with Crippen LogP contribution in [0.25, 0.3) is 0 Å². The molecule has 0 bridgehead atoms. The summed E-state index contributed by atoms with van der Waals surface area (Å²) in [5.74, 6) is 2.35. The minimum atomic E-state index is 0.380. The third-order valence-corrected chi connectivity index (χ3v) is 6.67. The highest BCUT2D eigenvalue weighted by Crippen LogP contribution is 2.41. The lowest BCUT2D eigenvalue weighted by molar-refractivity contribution is 0.141. The van der Waals surface area contributed by atoms with Crippen molar-refractivity contribution in [3.8, 4) is 0 Å². The van der Waals surface area contributed by atoms with Gasteiger partial charge in [0.1, 0.15) is 0 Å². The van der Waals surface area contributed by atoms with Gasteiger partial charge in [-0.3, -0.25) is 4.99 Å². The molecule has 1 saturated carbocycles. The van der Waals surface area contributed by atoms with Gasteiger partial charge in [0.25, 0.3) is 0 Å². The zero-order valence-electron chi connectivity index (χ0n) is 15.3. The van der Waals surface area contributed by atoms with E-state index in [1.807, 2.05) is 7.11 Å². The molecule has 0 aromatic carbocycles. The number of methoxy groups -OCH3 is 1. The number of ether oxygens (including phenoxy) is 1. The van der Waals surface area contributed by atoms with Gasteiger partial charge in [-0.05, 0) is 38.0 Å². The van der Waals surface area contributed by atoms with Crippen molar-refractivity contribution < 1.29 is 4.74 Å². The quantitative estimate of drug-likeness (QED) is 0.569. The van der Waals surface area contributed by atoms with Crippen molar-refractivity contribution in [3.63, 3.8) is 0 Å². The molecule has 2 rings (SSSR count). The molecule has 2 aliphatic rings. The summed E-state index contributed by atoms with van der Waals surface area (Å²) in [6, 6.07) is 0. The van der Waals surface area contributed by atoms with Crippen LogP contribution in [0.3, 0.4) is 0 Å². The Labute approximate surface area is 146 Å². The fourth-order valence-corrected chi connectivity index (χ4v) is 4.94. The normalized spacial score (nSPS) is 24.9. The molecule has 5 heteroatoms. The molecule has 1 atom stereocenters. The SMILES string of the molecule is CCNC(=NCC1(CCOC)CCCC1)N1CCSC(CC)C1. The van der Waals surface area contributed by atoms with E-state index in [0.29, 0.717) is 5.41 Å². The Hall–Kier alpha value is -0.420. The van der Waals surface area contributed by atoms with E-state index < -0.39 is 0 Å². The lowest BCUT2D eigenvalue weighted by atomic mass is 9.83. The smallest absolute Gasteiger partial charge is 0.193 e. The number of nitrogens with one attached hydrogen (secondary N) is 1. The molecule has 23 heavy (non-hydrogen) atoms. The van der Waals surface area contributed by atoms with Crippen molar-refractivity contribution in [2.75, 3.05) is 45.6 Å². The zero-order valence-corrected chi connectivity index (χ0v) is 16.1. The summed E-state index contributed by atoms with van der Waals surface area (Å²) in [5, 5.41) is 4.28. The Bertz CT molecular complexity index is 369. The first-order valence-corrected chi connectivity index (χ1v) is 10.4. The summed E-state index contributed by atoms with van der Waals surface area (Å²) in [6.45, 7) is 9.50. The van der Waals surface area contributed by atoms with Crippen LogP contribution in [-0.4, -0.2) is 61.8 Å². The Morgan fingerprint density at radius 1 is 1.35 bits per heavy atom. The summed E-state index contributed by atoms with van der Waals surface area (Å²) in [5.41, 5.74) is 0.380. The molecule has 0 radical (unpaired) electrons. The lowest BCUT2D eigenvalue weighted by Crippen LogP contribution is -2.48. The van der Waals surface area contributed by atoms with Crippen molar-refractivity contribution in [2.24, 2.45) is 10.4 Å². The molecular formula is C18H35N3OS. The Kier molecular flexibility index (Phi) is 8.04. The molecule has 1 aliphatic heterocycles. The van der Waals surface area contributed by atoms with Crippen LogP contribution in [0.1, 0.15) is 52.4 Å². The predicted octanol–water partition coefficient (Wildman–Crippen LogP) is 3.38. The first-order valence-electron chi connectivity index (χ1n) is 9.37. The minimum Gasteiger partial charge on any atom is -0.385 e. The van der Waals surface area contributed by atoms with Crippen LogP contribution >= 0.6 is 11.8 Å². The van der Waals surface area contributed by atoms with Crippen LogP contribution in [-0.2, 0) is 4.74 Å². The van der Waals surface area contributed by atoms with E-state index in [4.69, 9.17) is 9.73 Å². The fourth-order valence-electron chi connectivity index (χ4n) is 3.76. The van der Waals surface area contributed by atoms with Gasteiger partial charge in [-0.2, -0.15) is 11.8 Å². The summed E-state index contributed by atoms with van der Waals surface area (Å²) in [7, 11) is 1.81. The second kappa shape index (κ2) is 9.77. The van der Waals surface area contributed by atoms with Gasteiger partial charge in [-0.1, -0.05) is 19.8 Å². The molecule has 2 fully saturated rings. The van der Waals surface area contributed by atoms with E-state index in [1.54, 1.807) is 0 Å². The second-order valence-electron chi connectivity index (χ2n) is 6.97. The molecule has 0 amide bonds. The number of guanidine groups is 1.